The van der Waals surface area contributed by atoms with Gasteiger partial charge in [0.05, 0.1) is 0 Å². The molecule has 0 amide bonds. The molecule has 156 valence electrons. The molecule has 0 aliphatic rings. The minimum Gasteiger partial charge on any atom is -0.355 e. The van der Waals surface area contributed by atoms with Gasteiger partial charge in [0, 0.05) is 42.0 Å². The van der Waals surface area contributed by atoms with Crippen molar-refractivity contribution >= 4 is 53.3 Å². The van der Waals surface area contributed by atoms with Gasteiger partial charge in [-0.3, -0.25) is 0 Å². The molecule has 0 atom stereocenters. The lowest BCUT2D eigenvalue weighted by Gasteiger charge is -2.05. The quantitative estimate of drug-likeness (QED) is 0.276. The fourth-order valence-electron chi connectivity index (χ4n) is 4.96. The van der Waals surface area contributed by atoms with Crippen LogP contribution in [0.15, 0.2) is 103 Å². The van der Waals surface area contributed by atoms with Crippen molar-refractivity contribution in [3.63, 3.8) is 0 Å². The molecule has 2 aromatic heterocycles. The molecule has 2 heterocycles. The largest absolute Gasteiger partial charge is 0.355 e. The van der Waals surface area contributed by atoms with Crippen molar-refractivity contribution < 1.29 is 0 Å². The first-order valence-corrected chi connectivity index (χ1v) is 12.1. The summed E-state index contributed by atoms with van der Waals surface area (Å²) in [5, 5.41) is 5.23. The average molecular weight is 440 g/mol. The maximum Gasteiger partial charge on any atom is 0.0465 e. The van der Waals surface area contributed by atoms with E-state index >= 15 is 0 Å². The molecule has 0 spiro atoms. The van der Waals surface area contributed by atoms with Crippen LogP contribution in [0, 0.1) is 6.92 Å². The van der Waals surface area contributed by atoms with Crippen LogP contribution in [0.5, 0.6) is 0 Å². The highest BCUT2D eigenvalue weighted by molar-refractivity contribution is 7.26. The molecule has 2 heteroatoms. The lowest BCUT2D eigenvalue weighted by Crippen LogP contribution is -1.80. The number of nitrogens with one attached hydrogen (secondary N) is 1. The Morgan fingerprint density at radius 3 is 2.03 bits per heavy atom. The zero-order chi connectivity index (χ0) is 21.9. The summed E-state index contributed by atoms with van der Waals surface area (Å²) in [6.45, 7) is 2.13. The maximum atomic E-state index is 3.61. The van der Waals surface area contributed by atoms with E-state index in [1.165, 1.54) is 69.8 Å². The van der Waals surface area contributed by atoms with E-state index < -0.39 is 0 Å². The molecule has 0 unspecified atom stereocenters. The van der Waals surface area contributed by atoms with Gasteiger partial charge in [0.15, 0.2) is 0 Å². The minimum absolute atomic E-state index is 1.18. The number of fused-ring (bicyclic) bond motifs is 6. The van der Waals surface area contributed by atoms with Gasteiger partial charge in [-0.05, 0) is 59.5 Å². The molecule has 7 aromatic rings. The highest BCUT2D eigenvalue weighted by Gasteiger charge is 2.12. The summed E-state index contributed by atoms with van der Waals surface area (Å²) in [6, 6.07) is 37.7. The predicted octanol–water partition coefficient (Wildman–Crippen LogP) is 9.33. The van der Waals surface area contributed by atoms with Crippen LogP contribution in [0.3, 0.4) is 0 Å². The number of H-pyrrole nitrogens is 1. The third-order valence-electron chi connectivity index (χ3n) is 6.70. The molecule has 1 N–H and O–H groups in total. The summed E-state index contributed by atoms with van der Waals surface area (Å²) in [4.78, 5) is 3.61. The number of hydrogen-bond donors (Lipinski definition) is 1. The highest BCUT2D eigenvalue weighted by Crippen LogP contribution is 2.41. The second-order valence-electron chi connectivity index (χ2n) is 8.79. The van der Waals surface area contributed by atoms with Gasteiger partial charge in [0.1, 0.15) is 0 Å². The van der Waals surface area contributed by atoms with Crippen LogP contribution < -0.4 is 0 Å². The topological polar surface area (TPSA) is 15.8 Å². The fourth-order valence-corrected chi connectivity index (χ4v) is 6.20. The monoisotopic (exact) mass is 439 g/mol. The van der Waals surface area contributed by atoms with Crippen LogP contribution in [0.1, 0.15) is 5.56 Å². The minimum atomic E-state index is 1.18. The first kappa shape index (κ1) is 18.7. The van der Waals surface area contributed by atoms with Crippen molar-refractivity contribution in [1.29, 1.82) is 0 Å². The standard InChI is InChI=1S/C31H21NS/c1-19-9-11-20(12-10-19)21-13-15-28-26(17-21)27-18-22(14-16-29(27)32-28)23-6-4-7-25-24-5-2-3-8-30(24)33-31(23)25/h2-18,32H,1H3. The molecule has 0 saturated carbocycles. The zero-order valence-electron chi connectivity index (χ0n) is 18.2. The zero-order valence-corrected chi connectivity index (χ0v) is 19.0. The van der Waals surface area contributed by atoms with E-state index in [1.807, 2.05) is 11.3 Å². The Morgan fingerprint density at radius 1 is 0.545 bits per heavy atom. The van der Waals surface area contributed by atoms with E-state index in [4.69, 9.17) is 0 Å². The van der Waals surface area contributed by atoms with E-state index in [9.17, 15) is 0 Å². The van der Waals surface area contributed by atoms with Crippen LogP contribution in [0.25, 0.3) is 64.2 Å². The fraction of sp³-hybridized carbons (Fsp3) is 0.0323. The molecule has 0 radical (unpaired) electrons. The highest BCUT2D eigenvalue weighted by atomic mass is 32.1. The van der Waals surface area contributed by atoms with Gasteiger partial charge in [-0.2, -0.15) is 0 Å². The molecular formula is C31H21NS. The summed E-state index contributed by atoms with van der Waals surface area (Å²) in [6.07, 6.45) is 0. The average Bonchev–Trinajstić information content (AvgIpc) is 3.42. The van der Waals surface area contributed by atoms with Crippen LogP contribution >= 0.6 is 11.3 Å². The smallest absolute Gasteiger partial charge is 0.0465 e. The Labute approximate surface area is 195 Å². The first-order chi connectivity index (χ1) is 16.2. The van der Waals surface area contributed by atoms with Gasteiger partial charge in [-0.1, -0.05) is 78.4 Å². The molecule has 0 saturated heterocycles. The number of aromatic amines is 1. The Morgan fingerprint density at radius 2 is 1.21 bits per heavy atom. The van der Waals surface area contributed by atoms with Crippen molar-refractivity contribution in [2.45, 2.75) is 6.92 Å². The van der Waals surface area contributed by atoms with E-state index in [-0.39, 0.29) is 0 Å². The van der Waals surface area contributed by atoms with Crippen molar-refractivity contribution in [3.05, 3.63) is 109 Å². The summed E-state index contributed by atoms with van der Waals surface area (Å²) >= 11 is 1.89. The Balaban J connectivity index is 1.45. The second-order valence-corrected chi connectivity index (χ2v) is 9.84. The van der Waals surface area contributed by atoms with Crippen molar-refractivity contribution in [3.8, 4) is 22.3 Å². The molecule has 33 heavy (non-hydrogen) atoms. The lowest BCUT2D eigenvalue weighted by atomic mass is 9.99. The van der Waals surface area contributed by atoms with Crippen LogP contribution in [-0.2, 0) is 0 Å². The lowest BCUT2D eigenvalue weighted by molar-refractivity contribution is 1.47. The summed E-state index contributed by atoms with van der Waals surface area (Å²) in [5.41, 5.74) is 8.72. The van der Waals surface area contributed by atoms with Crippen molar-refractivity contribution in [2.75, 3.05) is 0 Å². The molecule has 0 aliphatic heterocycles. The maximum absolute atomic E-state index is 3.61. The van der Waals surface area contributed by atoms with Crippen molar-refractivity contribution in [2.24, 2.45) is 0 Å². The number of hydrogen-bond acceptors (Lipinski definition) is 1. The third-order valence-corrected chi connectivity index (χ3v) is 7.92. The molecular weight excluding hydrogens is 418 g/mol. The second kappa shape index (κ2) is 7.06. The van der Waals surface area contributed by atoms with Crippen LogP contribution in [-0.4, -0.2) is 4.98 Å². The number of benzene rings is 5. The van der Waals surface area contributed by atoms with Gasteiger partial charge in [-0.25, -0.2) is 0 Å². The van der Waals surface area contributed by atoms with Gasteiger partial charge < -0.3 is 4.98 Å². The first-order valence-electron chi connectivity index (χ1n) is 11.3. The Kier molecular flexibility index (Phi) is 3.99. The summed E-state index contributed by atoms with van der Waals surface area (Å²) in [5.74, 6) is 0. The van der Waals surface area contributed by atoms with E-state index in [0.717, 1.165) is 0 Å². The number of rotatable bonds is 2. The Hall–Kier alpha value is -3.88. The molecule has 0 fully saturated rings. The molecule has 0 aliphatic carbocycles. The molecule has 5 aromatic carbocycles. The normalized spacial score (nSPS) is 11.8. The number of thiophene rings is 1. The van der Waals surface area contributed by atoms with Crippen LogP contribution in [0.2, 0.25) is 0 Å². The van der Waals surface area contributed by atoms with Gasteiger partial charge in [0.25, 0.3) is 0 Å². The van der Waals surface area contributed by atoms with E-state index in [0.29, 0.717) is 0 Å². The van der Waals surface area contributed by atoms with Crippen LogP contribution in [0.4, 0.5) is 0 Å². The van der Waals surface area contributed by atoms with E-state index in [1.54, 1.807) is 0 Å². The number of aryl methyl sites for hydroxylation is 1. The predicted molar refractivity (Wildman–Crippen MR) is 144 cm³/mol. The van der Waals surface area contributed by atoms with Crippen molar-refractivity contribution in [1.82, 2.24) is 4.98 Å². The molecule has 7 rings (SSSR count). The molecule has 0 bridgehead atoms. The van der Waals surface area contributed by atoms with Gasteiger partial charge in [0.2, 0.25) is 0 Å². The third kappa shape index (κ3) is 2.92. The number of aromatic nitrogens is 1. The summed E-state index contributed by atoms with van der Waals surface area (Å²) < 4.78 is 2.70. The SMILES string of the molecule is Cc1ccc(-c2ccc3[nH]c4ccc(-c5cccc6c5sc5ccccc56)cc4c3c2)cc1. The van der Waals surface area contributed by atoms with Gasteiger partial charge >= 0.3 is 0 Å². The molecule has 1 nitrogen and oxygen atoms in total. The summed E-state index contributed by atoms with van der Waals surface area (Å²) in [7, 11) is 0. The van der Waals surface area contributed by atoms with E-state index in [2.05, 4.69) is 115 Å². The van der Waals surface area contributed by atoms with Gasteiger partial charge in [-0.15, -0.1) is 11.3 Å². The Bertz CT molecular complexity index is 1820.